The van der Waals surface area contributed by atoms with Crippen molar-refractivity contribution in [3.63, 3.8) is 0 Å². The lowest BCUT2D eigenvalue weighted by atomic mass is 9.87. The Morgan fingerprint density at radius 2 is 1.29 bits per heavy atom. The molecule has 6 nitrogen and oxygen atoms in total. The second-order valence-electron chi connectivity index (χ2n) is 12.8. The summed E-state index contributed by atoms with van der Waals surface area (Å²) < 4.78 is 5.94. The second-order valence-corrected chi connectivity index (χ2v) is 12.8. The summed E-state index contributed by atoms with van der Waals surface area (Å²) in [4.78, 5) is 24.7. The number of ether oxygens (including phenoxy) is 1. The predicted octanol–water partition coefficient (Wildman–Crippen LogP) is 9.18. The van der Waals surface area contributed by atoms with Gasteiger partial charge in [0.2, 0.25) is 11.8 Å². The van der Waals surface area contributed by atoms with E-state index in [1.165, 1.54) is 5.56 Å². The zero-order chi connectivity index (χ0) is 35.1. The second kappa shape index (κ2) is 28.4. The molecule has 1 aromatic carbocycles. The lowest BCUT2D eigenvalue weighted by molar-refractivity contribution is -0.129. The number of nitrogens with one attached hydrogen (secondary N) is 3. The summed E-state index contributed by atoms with van der Waals surface area (Å²) in [6.45, 7) is 13.6. The van der Waals surface area contributed by atoms with Crippen LogP contribution in [0.3, 0.4) is 0 Å². The minimum absolute atomic E-state index is 0.0650. The third kappa shape index (κ3) is 23.6. The number of hydrogen-bond donors (Lipinski definition) is 3. The average molecular weight is 660 g/mol. The van der Waals surface area contributed by atoms with Crippen molar-refractivity contribution in [3.05, 3.63) is 102 Å². The molecule has 0 aromatic heterocycles. The summed E-state index contributed by atoms with van der Waals surface area (Å²) in [6, 6.07) is 6.21. The topological polar surface area (TPSA) is 79.5 Å². The fourth-order valence-corrected chi connectivity index (χ4v) is 4.68. The van der Waals surface area contributed by atoms with E-state index < -0.39 is 5.41 Å². The normalized spacial score (nSPS) is 12.5. The first-order chi connectivity index (χ1) is 23.3. The molecule has 0 bridgehead atoms. The van der Waals surface area contributed by atoms with Gasteiger partial charge in [0.1, 0.15) is 5.75 Å². The molecule has 0 fully saturated rings. The fourth-order valence-electron chi connectivity index (χ4n) is 4.68. The number of carbonyl (C=O) groups excluding carboxylic acids is 2. The van der Waals surface area contributed by atoms with Gasteiger partial charge >= 0.3 is 0 Å². The van der Waals surface area contributed by atoms with Crippen molar-refractivity contribution < 1.29 is 14.3 Å². The molecule has 1 aromatic rings. The van der Waals surface area contributed by atoms with Crippen LogP contribution in [-0.4, -0.2) is 44.6 Å². The van der Waals surface area contributed by atoms with Gasteiger partial charge in [0.25, 0.3) is 0 Å². The van der Waals surface area contributed by atoms with Crippen molar-refractivity contribution in [2.75, 3.05) is 32.8 Å². The largest absolute Gasteiger partial charge is 0.493 e. The third-order valence-corrected chi connectivity index (χ3v) is 7.74. The highest BCUT2D eigenvalue weighted by Gasteiger charge is 2.26. The lowest BCUT2D eigenvalue weighted by Gasteiger charge is -2.23. The van der Waals surface area contributed by atoms with Crippen molar-refractivity contribution in [1.29, 1.82) is 0 Å². The van der Waals surface area contributed by atoms with E-state index in [1.54, 1.807) is 0 Å². The molecule has 1 rings (SSSR count). The molecule has 0 aliphatic carbocycles. The van der Waals surface area contributed by atoms with Gasteiger partial charge in [0.15, 0.2) is 0 Å². The Labute approximate surface area is 293 Å². The minimum Gasteiger partial charge on any atom is -0.493 e. The first-order valence-electron chi connectivity index (χ1n) is 18.1. The number of allylic oxidation sites excluding steroid dienone is 12. The van der Waals surface area contributed by atoms with Crippen LogP contribution in [0.2, 0.25) is 0 Å². The number of aryl methyl sites for hydroxylation is 2. The Hall–Kier alpha value is -3.64. The number of amides is 2. The first kappa shape index (κ1) is 42.4. The van der Waals surface area contributed by atoms with Gasteiger partial charge in [-0.3, -0.25) is 9.59 Å². The number of benzene rings is 1. The van der Waals surface area contributed by atoms with E-state index in [-0.39, 0.29) is 11.8 Å². The van der Waals surface area contributed by atoms with Crippen LogP contribution in [0, 0.1) is 19.3 Å². The van der Waals surface area contributed by atoms with Crippen molar-refractivity contribution >= 4 is 11.8 Å². The first-order valence-corrected chi connectivity index (χ1v) is 18.1. The van der Waals surface area contributed by atoms with Gasteiger partial charge in [-0.2, -0.15) is 0 Å². The molecular formula is C42H65N3O3. The molecule has 0 aliphatic rings. The minimum atomic E-state index is -0.444. The molecule has 2 amide bonds. The Balaban J connectivity index is 1.97. The van der Waals surface area contributed by atoms with Crippen LogP contribution in [0.15, 0.2) is 91.1 Å². The highest BCUT2D eigenvalue weighted by atomic mass is 16.5. The molecule has 0 unspecified atom stereocenters. The van der Waals surface area contributed by atoms with E-state index in [2.05, 4.69) is 121 Å². The predicted molar refractivity (Wildman–Crippen MR) is 205 cm³/mol. The van der Waals surface area contributed by atoms with E-state index in [1.807, 2.05) is 20.8 Å². The number of hydrogen-bond acceptors (Lipinski definition) is 4. The van der Waals surface area contributed by atoms with Gasteiger partial charge in [-0.25, -0.2) is 0 Å². The van der Waals surface area contributed by atoms with Crippen molar-refractivity contribution in [3.8, 4) is 5.75 Å². The summed E-state index contributed by atoms with van der Waals surface area (Å²) in [7, 11) is 0. The zero-order valence-electron chi connectivity index (χ0n) is 30.7. The highest BCUT2D eigenvalue weighted by molar-refractivity contribution is 5.81. The van der Waals surface area contributed by atoms with Crippen LogP contribution < -0.4 is 20.7 Å². The maximum absolute atomic E-state index is 12.7. The van der Waals surface area contributed by atoms with Crippen LogP contribution in [0.4, 0.5) is 0 Å². The third-order valence-electron chi connectivity index (χ3n) is 7.74. The smallest absolute Gasteiger partial charge is 0.225 e. The van der Waals surface area contributed by atoms with Gasteiger partial charge < -0.3 is 20.7 Å². The molecule has 48 heavy (non-hydrogen) atoms. The van der Waals surface area contributed by atoms with Crippen LogP contribution in [0.25, 0.3) is 0 Å². The Bertz CT molecular complexity index is 1190. The maximum atomic E-state index is 12.7. The van der Waals surface area contributed by atoms with Gasteiger partial charge in [0.05, 0.1) is 6.61 Å². The van der Waals surface area contributed by atoms with Crippen LogP contribution in [-0.2, 0) is 9.59 Å². The fraction of sp³-hybridized carbons (Fsp3) is 0.524. The molecule has 0 saturated heterocycles. The van der Waals surface area contributed by atoms with Gasteiger partial charge in [0, 0.05) is 31.5 Å². The summed E-state index contributed by atoms with van der Waals surface area (Å²) in [6.07, 6.45) is 35.8. The molecule has 0 spiro atoms. The van der Waals surface area contributed by atoms with E-state index >= 15 is 0 Å². The molecule has 0 aliphatic heterocycles. The van der Waals surface area contributed by atoms with Gasteiger partial charge in [-0.15, -0.1) is 0 Å². The molecule has 0 heterocycles. The van der Waals surface area contributed by atoms with Crippen molar-refractivity contribution in [2.45, 2.75) is 105 Å². The number of rotatable bonds is 27. The summed E-state index contributed by atoms with van der Waals surface area (Å²) in [5.74, 6) is 1.07. The maximum Gasteiger partial charge on any atom is 0.225 e. The van der Waals surface area contributed by atoms with Crippen molar-refractivity contribution in [1.82, 2.24) is 16.0 Å². The average Bonchev–Trinajstić information content (AvgIpc) is 3.06. The van der Waals surface area contributed by atoms with E-state index in [0.717, 1.165) is 82.1 Å². The van der Waals surface area contributed by atoms with E-state index in [4.69, 9.17) is 4.74 Å². The number of carbonyl (C=O) groups is 2. The SMILES string of the molecule is CC/C=C\C/C=C\C/C=C\C/C=C\C/C=C\C/C=C\CCC(=O)NCCCNCCNC(=O)C(C)(C)CCCOc1cc(C)ccc1C. The van der Waals surface area contributed by atoms with Crippen LogP contribution in [0.1, 0.15) is 103 Å². The molecule has 6 heteroatoms. The molecule has 3 N–H and O–H groups in total. The van der Waals surface area contributed by atoms with Crippen LogP contribution >= 0.6 is 0 Å². The van der Waals surface area contributed by atoms with Crippen molar-refractivity contribution in [2.24, 2.45) is 5.41 Å². The Morgan fingerprint density at radius 1 is 0.708 bits per heavy atom. The standard InChI is InChI=1S/C42H65N3O3/c1-6-7-8-9-10-11-12-13-14-15-16-17-18-19-20-21-22-23-24-27-40(46)44-32-26-31-43-33-34-45-41(47)42(4,5)30-25-35-48-39-36-37(2)28-29-38(39)3/h7-8,10-11,13-14,16-17,19-20,22-23,28-29,36,43H,6,9,12,15,18,21,24-27,30-35H2,1-5H3,(H,44,46)(H,45,47)/b8-7-,11-10-,14-13-,17-16-,20-19-,23-22-. The van der Waals surface area contributed by atoms with E-state index in [0.29, 0.717) is 32.7 Å². The Morgan fingerprint density at radius 3 is 1.90 bits per heavy atom. The molecular weight excluding hydrogens is 594 g/mol. The summed E-state index contributed by atoms with van der Waals surface area (Å²) in [5.41, 5.74) is 1.87. The Kier molecular flexibility index (Phi) is 25.1. The van der Waals surface area contributed by atoms with Gasteiger partial charge in [-0.1, -0.05) is 106 Å². The van der Waals surface area contributed by atoms with Crippen LogP contribution in [0.5, 0.6) is 5.75 Å². The molecule has 0 atom stereocenters. The monoisotopic (exact) mass is 660 g/mol. The van der Waals surface area contributed by atoms with E-state index in [9.17, 15) is 9.59 Å². The lowest BCUT2D eigenvalue weighted by Crippen LogP contribution is -2.40. The summed E-state index contributed by atoms with van der Waals surface area (Å²) in [5, 5.41) is 9.37. The molecule has 0 saturated carbocycles. The molecule has 266 valence electrons. The molecule has 0 radical (unpaired) electrons. The van der Waals surface area contributed by atoms with Gasteiger partial charge in [-0.05, 0) is 102 Å². The highest BCUT2D eigenvalue weighted by Crippen LogP contribution is 2.24. The zero-order valence-corrected chi connectivity index (χ0v) is 30.7. The summed E-state index contributed by atoms with van der Waals surface area (Å²) >= 11 is 0. The quantitative estimate of drug-likeness (QED) is 0.0650.